The van der Waals surface area contributed by atoms with Crippen LogP contribution < -0.4 is 0 Å². The molecule has 1 aromatic heterocycles. The van der Waals surface area contributed by atoms with Crippen molar-refractivity contribution < 1.29 is 5.11 Å². The molecule has 0 saturated heterocycles. The van der Waals surface area contributed by atoms with E-state index < -0.39 is 0 Å². The van der Waals surface area contributed by atoms with Crippen molar-refractivity contribution in [3.8, 4) is 5.75 Å². The summed E-state index contributed by atoms with van der Waals surface area (Å²) >= 11 is 0. The van der Waals surface area contributed by atoms with Crippen molar-refractivity contribution in [3.63, 3.8) is 0 Å². The highest BCUT2D eigenvalue weighted by molar-refractivity contribution is 5.85. The second-order valence-corrected chi connectivity index (χ2v) is 5.88. The molecule has 0 atom stereocenters. The molecule has 2 aromatic rings. The van der Waals surface area contributed by atoms with Crippen LogP contribution in [-0.2, 0) is 6.42 Å². The highest BCUT2D eigenvalue weighted by atomic mass is 16.3. The first-order valence-corrected chi connectivity index (χ1v) is 8.49. The Hall–Kier alpha value is -1.83. The minimum absolute atomic E-state index is 0.354. The van der Waals surface area contributed by atoms with E-state index in [0.717, 1.165) is 42.1 Å². The summed E-state index contributed by atoms with van der Waals surface area (Å²) in [4.78, 5) is 4.29. The van der Waals surface area contributed by atoms with Crippen LogP contribution in [0.2, 0.25) is 0 Å². The van der Waals surface area contributed by atoms with Gasteiger partial charge in [0.1, 0.15) is 11.3 Å². The van der Waals surface area contributed by atoms with E-state index in [9.17, 15) is 5.11 Å². The van der Waals surface area contributed by atoms with E-state index in [1.807, 2.05) is 18.2 Å². The van der Waals surface area contributed by atoms with Crippen LogP contribution in [0, 0.1) is 0 Å². The molecule has 0 fully saturated rings. The molecule has 0 unspecified atom stereocenters. The molecule has 2 nitrogen and oxygen atoms in total. The quantitative estimate of drug-likeness (QED) is 0.625. The molecular formula is C20H27NO. The number of aromatic hydroxyl groups is 1. The number of hydrogen-bond acceptors (Lipinski definition) is 2. The van der Waals surface area contributed by atoms with E-state index in [1.165, 1.54) is 19.3 Å². The van der Waals surface area contributed by atoms with Gasteiger partial charge in [0, 0.05) is 11.6 Å². The van der Waals surface area contributed by atoms with Crippen molar-refractivity contribution in [3.05, 3.63) is 47.7 Å². The number of nitrogens with zero attached hydrogens (tertiary/aromatic N) is 1. The van der Waals surface area contributed by atoms with Crippen LogP contribution in [0.4, 0.5) is 0 Å². The molecule has 0 aliphatic carbocycles. The standard InChI is InChI=1S/C20H27NO/c1-3-5-9-16(8-4-2)10-6-11-18-14-13-17-12-7-15-21-19(17)20(18)22/h7-8,12-15,22H,3-6,9-11H2,1-2H3/b16-8+. The number of phenolic OH excluding ortho intramolecular Hbond substituents is 1. The first-order chi connectivity index (χ1) is 10.8. The van der Waals surface area contributed by atoms with Gasteiger partial charge in [0.2, 0.25) is 0 Å². The molecule has 0 saturated carbocycles. The number of phenols is 1. The van der Waals surface area contributed by atoms with E-state index >= 15 is 0 Å². The Morgan fingerprint density at radius 1 is 1.14 bits per heavy atom. The van der Waals surface area contributed by atoms with Gasteiger partial charge in [-0.25, -0.2) is 0 Å². The summed E-state index contributed by atoms with van der Waals surface area (Å²) in [5.74, 6) is 0.354. The molecule has 118 valence electrons. The van der Waals surface area contributed by atoms with Crippen molar-refractivity contribution in [1.29, 1.82) is 0 Å². The van der Waals surface area contributed by atoms with Gasteiger partial charge in [-0.2, -0.15) is 0 Å². The molecule has 0 bridgehead atoms. The van der Waals surface area contributed by atoms with Gasteiger partial charge in [0.25, 0.3) is 0 Å². The van der Waals surface area contributed by atoms with Crippen molar-refractivity contribution >= 4 is 10.9 Å². The van der Waals surface area contributed by atoms with Gasteiger partial charge in [0.15, 0.2) is 0 Å². The summed E-state index contributed by atoms with van der Waals surface area (Å²) in [5.41, 5.74) is 3.30. The fourth-order valence-electron chi connectivity index (χ4n) is 2.90. The Labute approximate surface area is 133 Å². The van der Waals surface area contributed by atoms with Crippen LogP contribution in [0.5, 0.6) is 5.75 Å². The highest BCUT2D eigenvalue weighted by Gasteiger charge is 2.07. The molecule has 0 spiro atoms. The van der Waals surface area contributed by atoms with Crippen molar-refractivity contribution in [2.45, 2.75) is 58.8 Å². The largest absolute Gasteiger partial charge is 0.505 e. The number of unbranched alkanes of at least 4 members (excludes halogenated alkanes) is 1. The third kappa shape index (κ3) is 4.33. The summed E-state index contributed by atoms with van der Waals surface area (Å²) in [6.45, 7) is 4.44. The lowest BCUT2D eigenvalue weighted by molar-refractivity contribution is 0.472. The fourth-order valence-corrected chi connectivity index (χ4v) is 2.90. The van der Waals surface area contributed by atoms with Gasteiger partial charge in [-0.1, -0.05) is 50.1 Å². The summed E-state index contributed by atoms with van der Waals surface area (Å²) in [6.07, 6.45) is 12.1. The SMILES string of the molecule is CC/C=C(\CCCC)CCCc1ccc2cccnc2c1O. The molecule has 0 radical (unpaired) electrons. The smallest absolute Gasteiger partial charge is 0.144 e. The Bertz CT molecular complexity index is 631. The summed E-state index contributed by atoms with van der Waals surface area (Å²) < 4.78 is 0. The zero-order valence-electron chi connectivity index (χ0n) is 13.8. The average Bonchev–Trinajstić information content (AvgIpc) is 2.55. The Morgan fingerprint density at radius 2 is 1.95 bits per heavy atom. The first kappa shape index (κ1) is 16.5. The maximum Gasteiger partial charge on any atom is 0.144 e. The van der Waals surface area contributed by atoms with Gasteiger partial charge in [-0.05, 0) is 50.2 Å². The van der Waals surface area contributed by atoms with E-state index in [0.29, 0.717) is 5.75 Å². The van der Waals surface area contributed by atoms with E-state index in [2.05, 4.69) is 31.0 Å². The van der Waals surface area contributed by atoms with E-state index in [1.54, 1.807) is 11.8 Å². The molecule has 1 aromatic carbocycles. The van der Waals surface area contributed by atoms with Crippen molar-refractivity contribution in [2.75, 3.05) is 0 Å². The molecular weight excluding hydrogens is 270 g/mol. The lowest BCUT2D eigenvalue weighted by Crippen LogP contribution is -1.92. The predicted octanol–water partition coefficient (Wildman–Crippen LogP) is 5.79. The average molecular weight is 297 g/mol. The van der Waals surface area contributed by atoms with Crippen LogP contribution in [0.1, 0.15) is 57.9 Å². The maximum atomic E-state index is 10.4. The third-order valence-electron chi connectivity index (χ3n) is 4.12. The molecule has 0 amide bonds. The van der Waals surface area contributed by atoms with Gasteiger partial charge in [0.05, 0.1) is 0 Å². The predicted molar refractivity (Wildman–Crippen MR) is 94.2 cm³/mol. The Balaban J connectivity index is 1.99. The van der Waals surface area contributed by atoms with E-state index in [-0.39, 0.29) is 0 Å². The number of aromatic nitrogens is 1. The number of fused-ring (bicyclic) bond motifs is 1. The lowest BCUT2D eigenvalue weighted by atomic mass is 9.98. The molecule has 1 heterocycles. The number of rotatable bonds is 8. The Morgan fingerprint density at radius 3 is 2.73 bits per heavy atom. The van der Waals surface area contributed by atoms with Gasteiger partial charge < -0.3 is 5.11 Å². The first-order valence-electron chi connectivity index (χ1n) is 8.49. The molecule has 2 heteroatoms. The van der Waals surface area contributed by atoms with Gasteiger partial charge in [-0.15, -0.1) is 0 Å². The maximum absolute atomic E-state index is 10.4. The topological polar surface area (TPSA) is 33.1 Å². The van der Waals surface area contributed by atoms with Crippen molar-refractivity contribution in [2.24, 2.45) is 0 Å². The molecule has 22 heavy (non-hydrogen) atoms. The monoisotopic (exact) mass is 297 g/mol. The molecule has 0 aliphatic rings. The Kier molecular flexibility index (Phi) is 6.45. The normalized spacial score (nSPS) is 12.0. The summed E-state index contributed by atoms with van der Waals surface area (Å²) in [5, 5.41) is 11.4. The van der Waals surface area contributed by atoms with Crippen LogP contribution in [-0.4, -0.2) is 10.1 Å². The second-order valence-electron chi connectivity index (χ2n) is 5.88. The highest BCUT2D eigenvalue weighted by Crippen LogP contribution is 2.28. The second kappa shape index (κ2) is 8.57. The van der Waals surface area contributed by atoms with Crippen LogP contribution in [0.25, 0.3) is 10.9 Å². The minimum atomic E-state index is 0.354. The number of hydrogen-bond donors (Lipinski definition) is 1. The number of pyridine rings is 1. The van der Waals surface area contributed by atoms with Crippen LogP contribution >= 0.6 is 0 Å². The zero-order valence-corrected chi connectivity index (χ0v) is 13.8. The number of benzene rings is 1. The zero-order chi connectivity index (χ0) is 15.8. The minimum Gasteiger partial charge on any atom is -0.505 e. The van der Waals surface area contributed by atoms with Gasteiger partial charge >= 0.3 is 0 Å². The van der Waals surface area contributed by atoms with Gasteiger partial charge in [-0.3, -0.25) is 4.98 Å². The van der Waals surface area contributed by atoms with E-state index in [4.69, 9.17) is 0 Å². The van der Waals surface area contributed by atoms with Crippen LogP contribution in [0.3, 0.4) is 0 Å². The molecule has 1 N–H and O–H groups in total. The van der Waals surface area contributed by atoms with Crippen LogP contribution in [0.15, 0.2) is 42.1 Å². The summed E-state index contributed by atoms with van der Waals surface area (Å²) in [6, 6.07) is 7.97. The lowest BCUT2D eigenvalue weighted by Gasteiger charge is -2.09. The number of allylic oxidation sites excluding steroid dienone is 2. The summed E-state index contributed by atoms with van der Waals surface area (Å²) in [7, 11) is 0. The fraction of sp³-hybridized carbons (Fsp3) is 0.450. The number of aryl methyl sites for hydroxylation is 1. The van der Waals surface area contributed by atoms with Crippen molar-refractivity contribution in [1.82, 2.24) is 4.98 Å². The molecule has 0 aliphatic heterocycles. The molecule has 2 rings (SSSR count). The third-order valence-corrected chi connectivity index (χ3v) is 4.12.